The fraction of sp³-hybridized carbons (Fsp3) is 0.0909. The Hall–Kier alpha value is -1.42. The van der Waals surface area contributed by atoms with Crippen LogP contribution in [0.2, 0.25) is 0 Å². The van der Waals surface area contributed by atoms with Gasteiger partial charge in [-0.1, -0.05) is 28.6 Å². The first kappa shape index (κ1) is 11.7. The summed E-state index contributed by atoms with van der Waals surface area (Å²) in [5.74, 6) is -0.153. The summed E-state index contributed by atoms with van der Waals surface area (Å²) in [6.07, 6.45) is 6.55. The maximum atomic E-state index is 11.2. The average molecular weight is 267 g/mol. The Morgan fingerprint density at radius 3 is 3.07 bits per heavy atom. The van der Waals surface area contributed by atoms with Crippen molar-refractivity contribution in [2.75, 3.05) is 6.54 Å². The van der Waals surface area contributed by atoms with Crippen LogP contribution >= 0.6 is 15.9 Å². The molecular formula is C11H11BrN2O. The van der Waals surface area contributed by atoms with Crippen LogP contribution in [-0.4, -0.2) is 17.4 Å². The lowest BCUT2D eigenvalue weighted by molar-refractivity contribution is -0.116. The van der Waals surface area contributed by atoms with Gasteiger partial charge in [0.15, 0.2) is 0 Å². The summed E-state index contributed by atoms with van der Waals surface area (Å²) >= 11 is 3.16. The monoisotopic (exact) mass is 266 g/mol. The number of nitrogens with zero attached hydrogens (tertiary/aromatic N) is 1. The maximum absolute atomic E-state index is 11.2. The van der Waals surface area contributed by atoms with Gasteiger partial charge >= 0.3 is 0 Å². The lowest BCUT2D eigenvalue weighted by Gasteiger charge is -1.98. The largest absolute Gasteiger partial charge is 0.348 e. The van der Waals surface area contributed by atoms with Crippen molar-refractivity contribution in [1.29, 1.82) is 0 Å². The molecule has 0 aliphatic carbocycles. The molecule has 78 valence electrons. The summed E-state index contributed by atoms with van der Waals surface area (Å²) in [7, 11) is 0. The number of hydrogen-bond donors (Lipinski definition) is 1. The van der Waals surface area contributed by atoms with E-state index in [4.69, 9.17) is 0 Å². The third-order valence-electron chi connectivity index (χ3n) is 1.57. The molecule has 0 aromatic carbocycles. The molecule has 15 heavy (non-hydrogen) atoms. The van der Waals surface area contributed by atoms with Crippen molar-refractivity contribution in [3.05, 3.63) is 47.2 Å². The first-order chi connectivity index (χ1) is 7.18. The number of carbonyl (C=O) groups excluding carboxylic acids is 1. The highest BCUT2D eigenvalue weighted by atomic mass is 79.9. The summed E-state index contributed by atoms with van der Waals surface area (Å²) in [4.78, 5) is 15.2. The molecule has 0 bridgehead atoms. The molecule has 0 aliphatic heterocycles. The van der Waals surface area contributed by atoms with E-state index in [-0.39, 0.29) is 5.91 Å². The van der Waals surface area contributed by atoms with E-state index in [0.717, 1.165) is 10.0 Å². The average Bonchev–Trinajstić information content (AvgIpc) is 2.25. The molecule has 0 spiro atoms. The van der Waals surface area contributed by atoms with E-state index in [1.807, 2.05) is 12.1 Å². The van der Waals surface area contributed by atoms with Gasteiger partial charge in [-0.3, -0.25) is 9.78 Å². The highest BCUT2D eigenvalue weighted by Gasteiger charge is 1.94. The van der Waals surface area contributed by atoms with Crippen LogP contribution in [0.25, 0.3) is 6.08 Å². The summed E-state index contributed by atoms with van der Waals surface area (Å²) in [5.41, 5.74) is 0.894. The second kappa shape index (κ2) is 6.14. The number of amides is 1. The fourth-order valence-electron chi connectivity index (χ4n) is 0.888. The van der Waals surface area contributed by atoms with Crippen LogP contribution in [0, 0.1) is 0 Å². The molecule has 3 nitrogen and oxygen atoms in total. The molecule has 0 saturated heterocycles. The van der Waals surface area contributed by atoms with Crippen LogP contribution in [0.15, 0.2) is 41.7 Å². The van der Waals surface area contributed by atoms with Crippen molar-refractivity contribution in [3.8, 4) is 0 Å². The zero-order valence-corrected chi connectivity index (χ0v) is 9.70. The van der Waals surface area contributed by atoms with Gasteiger partial charge in [-0.15, -0.1) is 0 Å². The van der Waals surface area contributed by atoms with E-state index in [2.05, 4.69) is 32.8 Å². The Morgan fingerprint density at radius 1 is 1.67 bits per heavy atom. The topological polar surface area (TPSA) is 42.0 Å². The smallest absolute Gasteiger partial charge is 0.244 e. The number of nitrogens with one attached hydrogen (secondary N) is 1. The van der Waals surface area contributed by atoms with Gasteiger partial charge in [0.1, 0.15) is 0 Å². The standard InChI is InChI=1S/C11H11BrN2O/c1-9(12)7-14-11(15)5-4-10-3-2-6-13-8-10/h2-6,8H,1,7H2,(H,14,15)/b5-4+. The van der Waals surface area contributed by atoms with Crippen molar-refractivity contribution >= 4 is 27.9 Å². The van der Waals surface area contributed by atoms with Gasteiger partial charge in [-0.2, -0.15) is 0 Å². The summed E-state index contributed by atoms with van der Waals surface area (Å²) in [6.45, 7) is 4.04. The van der Waals surface area contributed by atoms with E-state index < -0.39 is 0 Å². The van der Waals surface area contributed by atoms with E-state index in [0.29, 0.717) is 6.54 Å². The molecule has 1 rings (SSSR count). The number of rotatable bonds is 4. The van der Waals surface area contributed by atoms with E-state index in [9.17, 15) is 4.79 Å². The minimum absolute atomic E-state index is 0.153. The number of halogens is 1. The Labute approximate surface area is 97.0 Å². The van der Waals surface area contributed by atoms with Crippen molar-refractivity contribution in [1.82, 2.24) is 10.3 Å². The maximum Gasteiger partial charge on any atom is 0.244 e. The molecule has 0 saturated carbocycles. The van der Waals surface area contributed by atoms with Crippen LogP contribution < -0.4 is 5.32 Å². The van der Waals surface area contributed by atoms with Crippen LogP contribution in [0.3, 0.4) is 0 Å². The third kappa shape index (κ3) is 5.12. The van der Waals surface area contributed by atoms with Gasteiger partial charge in [-0.05, 0) is 17.7 Å². The van der Waals surface area contributed by atoms with Crippen molar-refractivity contribution in [2.45, 2.75) is 0 Å². The molecule has 0 aliphatic rings. The van der Waals surface area contributed by atoms with Gasteiger partial charge in [0.2, 0.25) is 5.91 Å². The SMILES string of the molecule is C=C(Br)CNC(=O)/C=C/c1cccnc1. The molecular weight excluding hydrogens is 256 g/mol. The minimum atomic E-state index is -0.153. The summed E-state index contributed by atoms with van der Waals surface area (Å²) < 4.78 is 0.741. The second-order valence-corrected chi connectivity index (χ2v) is 3.98. The molecule has 1 N–H and O–H groups in total. The quantitative estimate of drug-likeness (QED) is 0.849. The number of pyridine rings is 1. The minimum Gasteiger partial charge on any atom is -0.348 e. The van der Waals surface area contributed by atoms with Gasteiger partial charge in [-0.25, -0.2) is 0 Å². The Balaban J connectivity index is 2.44. The van der Waals surface area contributed by atoms with Crippen molar-refractivity contribution in [3.63, 3.8) is 0 Å². The molecule has 1 aromatic rings. The molecule has 1 amide bonds. The van der Waals surface area contributed by atoms with Gasteiger partial charge < -0.3 is 5.32 Å². The molecule has 1 heterocycles. The fourth-order valence-corrected chi connectivity index (χ4v) is 1.03. The predicted molar refractivity (Wildman–Crippen MR) is 64.3 cm³/mol. The van der Waals surface area contributed by atoms with E-state index >= 15 is 0 Å². The number of hydrogen-bond acceptors (Lipinski definition) is 2. The molecule has 0 radical (unpaired) electrons. The van der Waals surface area contributed by atoms with Crippen LogP contribution in [0.1, 0.15) is 5.56 Å². The van der Waals surface area contributed by atoms with Crippen LogP contribution in [0.4, 0.5) is 0 Å². The lowest BCUT2D eigenvalue weighted by Crippen LogP contribution is -2.21. The predicted octanol–water partition coefficient (Wildman–Crippen LogP) is 2.12. The number of carbonyl (C=O) groups is 1. The summed E-state index contributed by atoms with van der Waals surface area (Å²) in [6, 6.07) is 3.69. The molecule has 0 atom stereocenters. The third-order valence-corrected chi connectivity index (χ3v) is 1.85. The van der Waals surface area contributed by atoms with E-state index in [1.54, 1.807) is 18.5 Å². The van der Waals surface area contributed by atoms with E-state index in [1.165, 1.54) is 6.08 Å². The van der Waals surface area contributed by atoms with Crippen molar-refractivity contribution < 1.29 is 4.79 Å². The molecule has 0 unspecified atom stereocenters. The Kier molecular flexibility index (Phi) is 4.77. The lowest BCUT2D eigenvalue weighted by atomic mass is 10.2. The van der Waals surface area contributed by atoms with Gasteiger partial charge in [0.25, 0.3) is 0 Å². The first-order valence-electron chi connectivity index (χ1n) is 4.37. The normalized spacial score (nSPS) is 10.2. The molecule has 0 fully saturated rings. The zero-order chi connectivity index (χ0) is 11.1. The molecule has 1 aromatic heterocycles. The number of aromatic nitrogens is 1. The zero-order valence-electron chi connectivity index (χ0n) is 8.11. The highest BCUT2D eigenvalue weighted by Crippen LogP contribution is 1.99. The van der Waals surface area contributed by atoms with Gasteiger partial charge in [0, 0.05) is 29.5 Å². The van der Waals surface area contributed by atoms with Crippen LogP contribution in [-0.2, 0) is 4.79 Å². The Morgan fingerprint density at radius 2 is 2.47 bits per heavy atom. The highest BCUT2D eigenvalue weighted by molar-refractivity contribution is 9.11. The van der Waals surface area contributed by atoms with Crippen LogP contribution in [0.5, 0.6) is 0 Å². The summed E-state index contributed by atoms with van der Waals surface area (Å²) in [5, 5.41) is 2.66. The van der Waals surface area contributed by atoms with Gasteiger partial charge in [0.05, 0.1) is 0 Å². The van der Waals surface area contributed by atoms with Crippen molar-refractivity contribution in [2.24, 2.45) is 0 Å². The molecule has 4 heteroatoms. The first-order valence-corrected chi connectivity index (χ1v) is 5.17. The second-order valence-electron chi connectivity index (χ2n) is 2.85. The Bertz CT molecular complexity index is 373.